The summed E-state index contributed by atoms with van der Waals surface area (Å²) in [6.45, 7) is -0.312. The number of nitro benzene ring substituents is 1. The number of hydrogen-bond donors (Lipinski definition) is 3. The Morgan fingerprint density at radius 3 is 2.65 bits per heavy atom. The van der Waals surface area contributed by atoms with Crippen molar-refractivity contribution in [2.45, 2.75) is 6.61 Å². The number of nitrogen functional groups attached to an aromatic ring is 1. The van der Waals surface area contributed by atoms with Gasteiger partial charge in [-0.25, -0.2) is 4.79 Å². The number of nitrogens with zero attached hydrogens (tertiary/aromatic N) is 4. The number of nitro groups is 1. The molecule has 0 aliphatic heterocycles. The molecule has 12 nitrogen and oxygen atoms in total. The van der Waals surface area contributed by atoms with Crippen molar-refractivity contribution in [2.24, 2.45) is 0 Å². The van der Waals surface area contributed by atoms with E-state index >= 15 is 0 Å². The zero-order valence-corrected chi connectivity index (χ0v) is 16.7. The van der Waals surface area contributed by atoms with Gasteiger partial charge in [-0.3, -0.25) is 10.1 Å². The van der Waals surface area contributed by atoms with Gasteiger partial charge >= 0.3 is 5.97 Å². The molecule has 0 radical (unpaired) electrons. The molecule has 3 rings (SSSR count). The molecule has 0 atom stereocenters. The van der Waals surface area contributed by atoms with Crippen molar-refractivity contribution in [3.05, 3.63) is 64.0 Å². The fourth-order valence-corrected chi connectivity index (χ4v) is 2.66. The number of para-hydroxylation sites is 2. The van der Waals surface area contributed by atoms with Crippen LogP contribution in [0.25, 0.3) is 0 Å². The maximum Gasteiger partial charge on any atom is 0.338 e. The van der Waals surface area contributed by atoms with Crippen LogP contribution in [-0.2, 0) is 11.3 Å². The van der Waals surface area contributed by atoms with Crippen molar-refractivity contribution in [3.63, 3.8) is 0 Å². The number of rotatable bonds is 8. The van der Waals surface area contributed by atoms with Crippen LogP contribution in [0.3, 0.4) is 0 Å². The predicted molar refractivity (Wildman–Crippen MR) is 112 cm³/mol. The van der Waals surface area contributed by atoms with Gasteiger partial charge in [-0.15, -0.1) is 0 Å². The first-order valence-corrected chi connectivity index (χ1v) is 8.95. The van der Waals surface area contributed by atoms with Gasteiger partial charge in [0.25, 0.3) is 5.69 Å². The number of methoxy groups -OCH3 is 1. The number of nitrogens with one attached hydrogen (secondary N) is 2. The standard InChI is InChI=1S/C19H19N7O5/c1-21-12-8-7-11(9-14(12)26(28)29)17(27)31-10-16-23-18(20)25-19(24-16)22-13-5-3-4-6-15(13)30-2/h3-9,21H,10H2,1-2H3,(H3,20,22,23,24,25). The Morgan fingerprint density at radius 1 is 1.16 bits per heavy atom. The molecule has 0 saturated heterocycles. The van der Waals surface area contributed by atoms with Crippen LogP contribution in [0.1, 0.15) is 16.2 Å². The maximum atomic E-state index is 12.3. The summed E-state index contributed by atoms with van der Waals surface area (Å²) >= 11 is 0. The lowest BCUT2D eigenvalue weighted by molar-refractivity contribution is -0.384. The Hall–Kier alpha value is -4.48. The fraction of sp³-hybridized carbons (Fsp3) is 0.158. The number of esters is 1. The summed E-state index contributed by atoms with van der Waals surface area (Å²) in [6.07, 6.45) is 0. The molecule has 0 aliphatic rings. The SMILES string of the molecule is CNc1ccc(C(=O)OCc2nc(N)nc(Nc3ccccc3OC)n2)cc1[N+](=O)[O-]. The van der Waals surface area contributed by atoms with Gasteiger partial charge in [0.1, 0.15) is 11.4 Å². The van der Waals surface area contributed by atoms with Crippen molar-refractivity contribution >= 4 is 34.9 Å². The van der Waals surface area contributed by atoms with E-state index in [2.05, 4.69) is 25.6 Å². The van der Waals surface area contributed by atoms with E-state index in [1.54, 1.807) is 25.2 Å². The van der Waals surface area contributed by atoms with E-state index in [1.807, 2.05) is 6.07 Å². The summed E-state index contributed by atoms with van der Waals surface area (Å²) in [4.78, 5) is 35.0. The summed E-state index contributed by atoms with van der Waals surface area (Å²) in [6, 6.07) is 11.1. The Labute approximate surface area is 176 Å². The largest absolute Gasteiger partial charge is 0.495 e. The van der Waals surface area contributed by atoms with Gasteiger partial charge in [0.15, 0.2) is 12.4 Å². The van der Waals surface area contributed by atoms with Crippen LogP contribution < -0.4 is 21.1 Å². The number of carbonyl (C=O) groups is 1. The second kappa shape index (κ2) is 9.35. The van der Waals surface area contributed by atoms with Gasteiger partial charge in [0.2, 0.25) is 11.9 Å². The van der Waals surface area contributed by atoms with Crippen LogP contribution in [0.4, 0.5) is 29.0 Å². The van der Waals surface area contributed by atoms with Crippen LogP contribution in [0.5, 0.6) is 5.75 Å². The number of nitrogens with two attached hydrogens (primary N) is 1. The molecule has 0 amide bonds. The van der Waals surface area contributed by atoms with Crippen LogP contribution >= 0.6 is 0 Å². The first kappa shape index (κ1) is 21.2. The number of benzene rings is 2. The van der Waals surface area contributed by atoms with E-state index in [0.29, 0.717) is 11.4 Å². The van der Waals surface area contributed by atoms with E-state index < -0.39 is 10.9 Å². The lowest BCUT2D eigenvalue weighted by Gasteiger charge is -2.11. The van der Waals surface area contributed by atoms with E-state index in [-0.39, 0.29) is 41.3 Å². The summed E-state index contributed by atoms with van der Waals surface area (Å²) in [7, 11) is 3.07. The van der Waals surface area contributed by atoms with Gasteiger partial charge in [-0.1, -0.05) is 12.1 Å². The van der Waals surface area contributed by atoms with Crippen molar-refractivity contribution in [1.29, 1.82) is 0 Å². The number of carbonyl (C=O) groups excluding carboxylic acids is 1. The van der Waals surface area contributed by atoms with E-state index in [4.69, 9.17) is 15.2 Å². The minimum absolute atomic E-state index is 0.0140. The molecule has 4 N–H and O–H groups in total. The Morgan fingerprint density at radius 2 is 1.94 bits per heavy atom. The number of hydrogen-bond acceptors (Lipinski definition) is 11. The topological polar surface area (TPSA) is 167 Å². The highest BCUT2D eigenvalue weighted by Gasteiger charge is 2.18. The predicted octanol–water partition coefficient (Wildman–Crippen LogP) is 2.51. The molecule has 0 aliphatic carbocycles. The molecule has 1 aromatic heterocycles. The summed E-state index contributed by atoms with van der Waals surface area (Å²) in [5, 5.41) is 16.8. The summed E-state index contributed by atoms with van der Waals surface area (Å²) in [5.41, 5.74) is 6.38. The van der Waals surface area contributed by atoms with Gasteiger partial charge < -0.3 is 25.8 Å². The van der Waals surface area contributed by atoms with Crippen LogP contribution in [0.2, 0.25) is 0 Å². The van der Waals surface area contributed by atoms with Gasteiger partial charge in [0, 0.05) is 13.1 Å². The highest BCUT2D eigenvalue weighted by atomic mass is 16.6. The Bertz CT molecular complexity index is 1120. The molecule has 1 heterocycles. The fourth-order valence-electron chi connectivity index (χ4n) is 2.66. The van der Waals surface area contributed by atoms with Gasteiger partial charge in [0.05, 0.1) is 23.3 Å². The molecule has 0 saturated carbocycles. The number of aromatic nitrogens is 3. The summed E-state index contributed by atoms with van der Waals surface area (Å²) in [5.74, 6) is -0.0471. The second-order valence-corrected chi connectivity index (χ2v) is 6.07. The molecule has 2 aromatic carbocycles. The highest BCUT2D eigenvalue weighted by molar-refractivity contribution is 5.91. The lowest BCUT2D eigenvalue weighted by atomic mass is 10.1. The van der Waals surface area contributed by atoms with Crippen molar-refractivity contribution in [3.8, 4) is 5.75 Å². The molecule has 3 aromatic rings. The van der Waals surface area contributed by atoms with E-state index in [1.165, 1.54) is 19.2 Å². The van der Waals surface area contributed by atoms with Gasteiger partial charge in [-0.2, -0.15) is 15.0 Å². The third-order valence-corrected chi connectivity index (χ3v) is 4.08. The maximum absolute atomic E-state index is 12.3. The third-order valence-electron chi connectivity index (χ3n) is 4.08. The summed E-state index contributed by atoms with van der Waals surface area (Å²) < 4.78 is 10.4. The van der Waals surface area contributed by atoms with Crippen molar-refractivity contribution in [1.82, 2.24) is 15.0 Å². The molecule has 0 fully saturated rings. The van der Waals surface area contributed by atoms with Crippen LogP contribution in [0, 0.1) is 10.1 Å². The smallest absolute Gasteiger partial charge is 0.338 e. The normalized spacial score (nSPS) is 10.3. The minimum Gasteiger partial charge on any atom is -0.495 e. The minimum atomic E-state index is -0.774. The van der Waals surface area contributed by atoms with Crippen molar-refractivity contribution < 1.29 is 19.2 Å². The Kier molecular flexibility index (Phi) is 6.40. The molecule has 12 heteroatoms. The van der Waals surface area contributed by atoms with E-state index in [9.17, 15) is 14.9 Å². The molecule has 0 spiro atoms. The monoisotopic (exact) mass is 425 g/mol. The Balaban J connectivity index is 1.74. The van der Waals surface area contributed by atoms with Gasteiger partial charge in [-0.05, 0) is 24.3 Å². The molecular formula is C19H19N7O5. The zero-order valence-electron chi connectivity index (χ0n) is 16.7. The highest BCUT2D eigenvalue weighted by Crippen LogP contribution is 2.26. The third kappa shape index (κ3) is 5.12. The average Bonchev–Trinajstić information content (AvgIpc) is 2.77. The van der Waals surface area contributed by atoms with Crippen LogP contribution in [-0.4, -0.2) is 40.0 Å². The first-order valence-electron chi connectivity index (χ1n) is 8.95. The molecular weight excluding hydrogens is 406 g/mol. The average molecular weight is 425 g/mol. The number of ether oxygens (including phenoxy) is 2. The van der Waals surface area contributed by atoms with Crippen molar-refractivity contribution in [2.75, 3.05) is 30.5 Å². The number of anilines is 4. The molecule has 160 valence electrons. The van der Waals surface area contributed by atoms with E-state index in [0.717, 1.165) is 6.07 Å². The lowest BCUT2D eigenvalue weighted by Crippen LogP contribution is -2.11. The second-order valence-electron chi connectivity index (χ2n) is 6.07. The van der Waals surface area contributed by atoms with Crippen LogP contribution in [0.15, 0.2) is 42.5 Å². The first-order chi connectivity index (χ1) is 14.9. The molecule has 0 bridgehead atoms. The quantitative estimate of drug-likeness (QED) is 0.275. The molecule has 0 unspecified atom stereocenters. The zero-order chi connectivity index (χ0) is 22.4. The molecule has 31 heavy (non-hydrogen) atoms.